The van der Waals surface area contributed by atoms with Crippen LogP contribution in [0.5, 0.6) is 11.5 Å². The SMILES string of the molecule is COc1cc(/C=C2\N=C(c3cccc(Cl)c3)OC2=O)ccc1OC(C)C. The molecule has 0 saturated heterocycles. The summed E-state index contributed by atoms with van der Waals surface area (Å²) >= 11 is 5.97. The van der Waals surface area contributed by atoms with Crippen LogP contribution in [-0.2, 0) is 9.53 Å². The number of benzene rings is 2. The van der Waals surface area contributed by atoms with Crippen LogP contribution in [0.2, 0.25) is 5.02 Å². The zero-order valence-electron chi connectivity index (χ0n) is 14.7. The molecule has 0 fully saturated rings. The fourth-order valence-corrected chi connectivity index (χ4v) is 2.63. The zero-order chi connectivity index (χ0) is 18.7. The van der Waals surface area contributed by atoms with Crippen LogP contribution in [0.1, 0.15) is 25.0 Å². The van der Waals surface area contributed by atoms with E-state index in [0.29, 0.717) is 22.1 Å². The fourth-order valence-electron chi connectivity index (χ4n) is 2.44. The quantitative estimate of drug-likeness (QED) is 0.574. The molecule has 0 spiro atoms. The Morgan fingerprint density at radius 1 is 1.15 bits per heavy atom. The Hall–Kier alpha value is -2.79. The normalized spacial score (nSPS) is 15.2. The fraction of sp³-hybridized carbons (Fsp3) is 0.200. The third-order valence-electron chi connectivity index (χ3n) is 3.55. The van der Waals surface area contributed by atoms with Crippen molar-refractivity contribution in [3.8, 4) is 11.5 Å². The summed E-state index contributed by atoms with van der Waals surface area (Å²) in [5.41, 5.74) is 1.60. The van der Waals surface area contributed by atoms with Crippen molar-refractivity contribution >= 4 is 29.5 Å². The summed E-state index contributed by atoms with van der Waals surface area (Å²) < 4.78 is 16.3. The number of hydrogen-bond acceptors (Lipinski definition) is 5. The van der Waals surface area contributed by atoms with E-state index in [1.54, 1.807) is 49.6 Å². The van der Waals surface area contributed by atoms with Crippen molar-refractivity contribution in [2.45, 2.75) is 20.0 Å². The highest BCUT2D eigenvalue weighted by Crippen LogP contribution is 2.30. The maximum atomic E-state index is 12.1. The molecule has 0 saturated carbocycles. The van der Waals surface area contributed by atoms with E-state index in [0.717, 1.165) is 5.56 Å². The van der Waals surface area contributed by atoms with Gasteiger partial charge >= 0.3 is 5.97 Å². The Balaban J connectivity index is 1.90. The summed E-state index contributed by atoms with van der Waals surface area (Å²) in [7, 11) is 1.57. The van der Waals surface area contributed by atoms with Gasteiger partial charge in [0.2, 0.25) is 5.90 Å². The highest BCUT2D eigenvalue weighted by Gasteiger charge is 2.24. The summed E-state index contributed by atoms with van der Waals surface area (Å²) in [5, 5.41) is 0.546. The van der Waals surface area contributed by atoms with Crippen LogP contribution >= 0.6 is 11.6 Å². The number of esters is 1. The summed E-state index contributed by atoms with van der Waals surface area (Å²) in [6.45, 7) is 3.88. The summed E-state index contributed by atoms with van der Waals surface area (Å²) in [4.78, 5) is 16.4. The largest absolute Gasteiger partial charge is 0.493 e. The lowest BCUT2D eigenvalue weighted by atomic mass is 10.1. The number of aliphatic imine (C=N–C) groups is 1. The van der Waals surface area contributed by atoms with Crippen LogP contribution < -0.4 is 9.47 Å². The van der Waals surface area contributed by atoms with Gasteiger partial charge < -0.3 is 14.2 Å². The molecule has 26 heavy (non-hydrogen) atoms. The molecule has 0 atom stereocenters. The number of methoxy groups -OCH3 is 1. The number of cyclic esters (lactones) is 1. The van der Waals surface area contributed by atoms with Crippen molar-refractivity contribution in [2.75, 3.05) is 7.11 Å². The Kier molecular flexibility index (Phi) is 5.28. The first-order valence-corrected chi connectivity index (χ1v) is 8.47. The van der Waals surface area contributed by atoms with E-state index in [2.05, 4.69) is 4.99 Å². The third-order valence-corrected chi connectivity index (χ3v) is 3.78. The molecule has 6 heteroatoms. The Morgan fingerprint density at radius 3 is 2.65 bits per heavy atom. The molecule has 2 aromatic carbocycles. The van der Waals surface area contributed by atoms with Gasteiger partial charge in [0, 0.05) is 10.6 Å². The van der Waals surface area contributed by atoms with Gasteiger partial charge in [-0.3, -0.25) is 0 Å². The van der Waals surface area contributed by atoms with E-state index in [9.17, 15) is 4.79 Å². The first-order chi connectivity index (χ1) is 12.5. The summed E-state index contributed by atoms with van der Waals surface area (Å²) in [6.07, 6.45) is 1.67. The zero-order valence-corrected chi connectivity index (χ0v) is 15.4. The number of rotatable bonds is 5. The summed E-state index contributed by atoms with van der Waals surface area (Å²) in [6, 6.07) is 12.4. The van der Waals surface area contributed by atoms with Gasteiger partial charge in [0.1, 0.15) is 0 Å². The van der Waals surface area contributed by atoms with Gasteiger partial charge in [0.25, 0.3) is 0 Å². The van der Waals surface area contributed by atoms with Crippen molar-refractivity contribution < 1.29 is 19.0 Å². The Morgan fingerprint density at radius 2 is 1.96 bits per heavy atom. The lowest BCUT2D eigenvalue weighted by Gasteiger charge is -2.13. The second-order valence-electron chi connectivity index (χ2n) is 5.92. The Bertz CT molecular complexity index is 902. The van der Waals surface area contributed by atoms with Crippen LogP contribution in [0.15, 0.2) is 53.2 Å². The van der Waals surface area contributed by atoms with Gasteiger partial charge in [-0.2, -0.15) is 0 Å². The molecule has 1 aliphatic heterocycles. The molecule has 0 N–H and O–H groups in total. The van der Waals surface area contributed by atoms with Gasteiger partial charge in [-0.15, -0.1) is 0 Å². The molecule has 5 nitrogen and oxygen atoms in total. The van der Waals surface area contributed by atoms with Crippen molar-refractivity contribution in [3.05, 3.63) is 64.3 Å². The van der Waals surface area contributed by atoms with Gasteiger partial charge in [-0.25, -0.2) is 9.79 Å². The second-order valence-corrected chi connectivity index (χ2v) is 6.36. The monoisotopic (exact) mass is 371 g/mol. The van der Waals surface area contributed by atoms with E-state index in [1.165, 1.54) is 0 Å². The number of hydrogen-bond donors (Lipinski definition) is 0. The maximum Gasteiger partial charge on any atom is 0.363 e. The molecule has 3 rings (SSSR count). The molecule has 0 amide bonds. The smallest absolute Gasteiger partial charge is 0.363 e. The molecule has 134 valence electrons. The molecule has 1 heterocycles. The molecule has 2 aromatic rings. The Labute approximate surface area is 156 Å². The predicted molar refractivity (Wildman–Crippen MR) is 101 cm³/mol. The van der Waals surface area contributed by atoms with Crippen LogP contribution in [0, 0.1) is 0 Å². The minimum absolute atomic E-state index is 0.0303. The van der Waals surface area contributed by atoms with E-state index in [-0.39, 0.29) is 17.7 Å². The van der Waals surface area contributed by atoms with Crippen molar-refractivity contribution in [1.29, 1.82) is 0 Å². The minimum Gasteiger partial charge on any atom is -0.493 e. The van der Waals surface area contributed by atoms with Crippen LogP contribution in [0.4, 0.5) is 0 Å². The molecule has 0 aromatic heterocycles. The number of carbonyl (C=O) groups excluding carboxylic acids is 1. The lowest BCUT2D eigenvalue weighted by molar-refractivity contribution is -0.129. The average Bonchev–Trinajstić information content (AvgIpc) is 2.96. The standard InChI is InChI=1S/C20H18ClNO4/c1-12(2)25-17-8-7-13(10-18(17)24-3)9-16-20(23)26-19(22-16)14-5-4-6-15(21)11-14/h4-12H,1-3H3/b16-9-. The highest BCUT2D eigenvalue weighted by molar-refractivity contribution is 6.31. The first-order valence-electron chi connectivity index (χ1n) is 8.09. The lowest BCUT2D eigenvalue weighted by Crippen LogP contribution is -2.06. The number of carbonyl (C=O) groups is 1. The molecular weight excluding hydrogens is 354 g/mol. The topological polar surface area (TPSA) is 57.1 Å². The molecule has 0 aliphatic carbocycles. The second kappa shape index (κ2) is 7.62. The maximum absolute atomic E-state index is 12.1. The average molecular weight is 372 g/mol. The number of halogens is 1. The van der Waals surface area contributed by atoms with E-state index in [4.69, 9.17) is 25.8 Å². The van der Waals surface area contributed by atoms with Crippen LogP contribution in [0.25, 0.3) is 6.08 Å². The van der Waals surface area contributed by atoms with E-state index >= 15 is 0 Å². The van der Waals surface area contributed by atoms with E-state index in [1.807, 2.05) is 19.9 Å². The minimum atomic E-state index is -0.513. The molecular formula is C20H18ClNO4. The molecule has 1 aliphatic rings. The van der Waals surface area contributed by atoms with Gasteiger partial charge in [-0.05, 0) is 55.8 Å². The first kappa shape index (κ1) is 18.0. The number of ether oxygens (including phenoxy) is 3. The van der Waals surface area contributed by atoms with Gasteiger partial charge in [0.05, 0.1) is 13.2 Å². The van der Waals surface area contributed by atoms with E-state index < -0.39 is 5.97 Å². The highest BCUT2D eigenvalue weighted by atomic mass is 35.5. The van der Waals surface area contributed by atoms with Crippen LogP contribution in [-0.4, -0.2) is 25.1 Å². The molecule has 0 radical (unpaired) electrons. The third kappa shape index (κ3) is 4.06. The van der Waals surface area contributed by atoms with Gasteiger partial charge in [0.15, 0.2) is 17.2 Å². The van der Waals surface area contributed by atoms with Crippen molar-refractivity contribution in [1.82, 2.24) is 0 Å². The summed E-state index contributed by atoms with van der Waals surface area (Å²) in [5.74, 6) is 0.942. The van der Waals surface area contributed by atoms with Crippen molar-refractivity contribution in [3.63, 3.8) is 0 Å². The van der Waals surface area contributed by atoms with Crippen LogP contribution in [0.3, 0.4) is 0 Å². The molecule has 0 unspecified atom stereocenters. The molecule has 0 bridgehead atoms. The van der Waals surface area contributed by atoms with Crippen molar-refractivity contribution in [2.24, 2.45) is 4.99 Å². The number of nitrogens with zero attached hydrogens (tertiary/aromatic N) is 1. The predicted octanol–water partition coefficient (Wildman–Crippen LogP) is 4.48. The van der Waals surface area contributed by atoms with Gasteiger partial charge in [-0.1, -0.05) is 23.7 Å².